The maximum absolute atomic E-state index is 11.8. The molecule has 2 aromatic rings. The molecule has 2 unspecified atom stereocenters. The van der Waals surface area contributed by atoms with Crippen molar-refractivity contribution in [1.82, 2.24) is 10.6 Å². The first kappa shape index (κ1) is 14.9. The molecular formula is C18H22N2O2. The van der Waals surface area contributed by atoms with Crippen LogP contribution in [0.15, 0.2) is 46.9 Å². The minimum atomic E-state index is -0.0367. The molecule has 0 spiro atoms. The van der Waals surface area contributed by atoms with Gasteiger partial charge in [0, 0.05) is 24.6 Å². The first-order valence-corrected chi connectivity index (χ1v) is 7.86. The maximum atomic E-state index is 11.8. The van der Waals surface area contributed by atoms with Gasteiger partial charge in [0.1, 0.15) is 11.5 Å². The summed E-state index contributed by atoms with van der Waals surface area (Å²) < 4.78 is 5.83. The normalized spacial score (nSPS) is 19.9. The van der Waals surface area contributed by atoms with E-state index in [0.717, 1.165) is 17.4 Å². The lowest BCUT2D eigenvalue weighted by atomic mass is 10.2. The molecule has 1 amide bonds. The summed E-state index contributed by atoms with van der Waals surface area (Å²) in [5.41, 5.74) is 0.691. The predicted octanol–water partition coefficient (Wildman–Crippen LogP) is 2.92. The summed E-state index contributed by atoms with van der Waals surface area (Å²) in [4.78, 5) is 11.8. The van der Waals surface area contributed by atoms with Gasteiger partial charge in [0.15, 0.2) is 0 Å². The highest BCUT2D eigenvalue weighted by molar-refractivity contribution is 5.94. The fourth-order valence-corrected chi connectivity index (χ4v) is 2.57. The molecule has 0 radical (unpaired) electrons. The van der Waals surface area contributed by atoms with Gasteiger partial charge >= 0.3 is 0 Å². The third kappa shape index (κ3) is 3.77. The molecule has 1 aromatic heterocycles. The third-order valence-electron chi connectivity index (χ3n) is 4.08. The topological polar surface area (TPSA) is 54.3 Å². The zero-order valence-electron chi connectivity index (χ0n) is 12.8. The highest BCUT2D eigenvalue weighted by Crippen LogP contribution is 2.47. The number of furan rings is 1. The van der Waals surface area contributed by atoms with E-state index in [2.05, 4.69) is 23.6 Å². The quantitative estimate of drug-likeness (QED) is 0.773. The Morgan fingerprint density at radius 3 is 2.68 bits per heavy atom. The van der Waals surface area contributed by atoms with Crippen molar-refractivity contribution in [3.63, 3.8) is 0 Å². The molecule has 22 heavy (non-hydrogen) atoms. The summed E-state index contributed by atoms with van der Waals surface area (Å²) in [6.07, 6.45) is 1.24. The first-order valence-electron chi connectivity index (χ1n) is 7.86. The molecule has 2 N–H and O–H groups in total. The number of amides is 1. The second kappa shape index (κ2) is 6.79. The third-order valence-corrected chi connectivity index (χ3v) is 4.08. The van der Waals surface area contributed by atoms with Crippen LogP contribution in [0.1, 0.15) is 41.1 Å². The molecule has 4 nitrogen and oxygen atoms in total. The van der Waals surface area contributed by atoms with Gasteiger partial charge in [-0.05, 0) is 36.6 Å². The molecule has 3 rings (SSSR count). The second-order valence-electron chi connectivity index (χ2n) is 5.92. The zero-order valence-corrected chi connectivity index (χ0v) is 12.8. The van der Waals surface area contributed by atoms with Crippen LogP contribution in [0, 0.1) is 5.92 Å². The van der Waals surface area contributed by atoms with Gasteiger partial charge in [-0.15, -0.1) is 0 Å². The molecule has 4 heteroatoms. The monoisotopic (exact) mass is 298 g/mol. The molecule has 0 aliphatic heterocycles. The second-order valence-corrected chi connectivity index (χ2v) is 5.92. The van der Waals surface area contributed by atoms with Crippen molar-refractivity contribution in [2.45, 2.75) is 25.8 Å². The molecule has 0 saturated heterocycles. The van der Waals surface area contributed by atoms with E-state index in [1.54, 1.807) is 0 Å². The van der Waals surface area contributed by atoms with E-state index in [-0.39, 0.29) is 5.91 Å². The number of carbonyl (C=O) groups is 1. The van der Waals surface area contributed by atoms with Crippen LogP contribution >= 0.6 is 0 Å². The van der Waals surface area contributed by atoms with Crippen LogP contribution in [0.25, 0.3) is 0 Å². The molecule has 1 aliphatic carbocycles. The lowest BCUT2D eigenvalue weighted by Gasteiger charge is -2.06. The molecule has 1 fully saturated rings. The van der Waals surface area contributed by atoms with Crippen molar-refractivity contribution in [2.75, 3.05) is 13.1 Å². The van der Waals surface area contributed by atoms with Gasteiger partial charge in [-0.1, -0.05) is 25.1 Å². The van der Waals surface area contributed by atoms with Crippen LogP contribution < -0.4 is 10.6 Å². The standard InChI is InChI=1S/C18H22N2O2/c1-13-11-16(13)17-8-7-15(22-17)12-19-9-10-20-18(21)14-5-3-2-4-6-14/h2-8,13,16,19H,9-12H2,1H3,(H,20,21). The van der Waals surface area contributed by atoms with E-state index in [1.807, 2.05) is 36.4 Å². The summed E-state index contributed by atoms with van der Waals surface area (Å²) in [6.45, 7) is 4.26. The number of hydrogen-bond acceptors (Lipinski definition) is 3. The van der Waals surface area contributed by atoms with Crippen molar-refractivity contribution < 1.29 is 9.21 Å². The number of carbonyl (C=O) groups excluding carboxylic acids is 1. The van der Waals surface area contributed by atoms with E-state index in [9.17, 15) is 4.79 Å². The molecule has 1 aliphatic rings. The van der Waals surface area contributed by atoms with Crippen molar-refractivity contribution in [3.8, 4) is 0 Å². The van der Waals surface area contributed by atoms with E-state index in [1.165, 1.54) is 6.42 Å². The maximum Gasteiger partial charge on any atom is 0.251 e. The average molecular weight is 298 g/mol. The number of benzene rings is 1. The van der Waals surface area contributed by atoms with Crippen molar-refractivity contribution in [2.24, 2.45) is 5.92 Å². The minimum Gasteiger partial charge on any atom is -0.464 e. The van der Waals surface area contributed by atoms with Gasteiger partial charge in [-0.25, -0.2) is 0 Å². The number of rotatable bonds is 7. The minimum absolute atomic E-state index is 0.0367. The molecule has 0 bridgehead atoms. The van der Waals surface area contributed by atoms with Crippen LogP contribution in [-0.4, -0.2) is 19.0 Å². The summed E-state index contributed by atoms with van der Waals surface area (Å²) in [5.74, 6) is 3.43. The fourth-order valence-electron chi connectivity index (χ4n) is 2.57. The Labute approximate surface area is 130 Å². The lowest BCUT2D eigenvalue weighted by Crippen LogP contribution is -2.31. The van der Waals surface area contributed by atoms with Crippen LogP contribution in [0.5, 0.6) is 0 Å². The fraction of sp³-hybridized carbons (Fsp3) is 0.389. The van der Waals surface area contributed by atoms with E-state index in [4.69, 9.17) is 4.42 Å². The van der Waals surface area contributed by atoms with Gasteiger partial charge in [0.05, 0.1) is 6.54 Å². The summed E-state index contributed by atoms with van der Waals surface area (Å²) in [7, 11) is 0. The van der Waals surface area contributed by atoms with Gasteiger partial charge in [-0.2, -0.15) is 0 Å². The molecule has 2 atom stereocenters. The Hall–Kier alpha value is -2.07. The van der Waals surface area contributed by atoms with Gasteiger partial charge in [-0.3, -0.25) is 4.79 Å². The molecular weight excluding hydrogens is 276 g/mol. The summed E-state index contributed by atoms with van der Waals surface area (Å²) in [5, 5.41) is 6.18. The molecule has 1 aromatic carbocycles. The van der Waals surface area contributed by atoms with Crippen molar-refractivity contribution in [3.05, 3.63) is 59.5 Å². The average Bonchev–Trinajstić information content (AvgIpc) is 3.09. The highest BCUT2D eigenvalue weighted by Gasteiger charge is 2.36. The highest BCUT2D eigenvalue weighted by atomic mass is 16.3. The Morgan fingerprint density at radius 2 is 1.95 bits per heavy atom. The number of nitrogens with one attached hydrogen (secondary N) is 2. The van der Waals surface area contributed by atoms with Gasteiger partial charge in [0.2, 0.25) is 0 Å². The Morgan fingerprint density at radius 1 is 1.18 bits per heavy atom. The van der Waals surface area contributed by atoms with Crippen LogP contribution in [-0.2, 0) is 6.54 Å². The first-order chi connectivity index (χ1) is 10.7. The van der Waals surface area contributed by atoms with E-state index < -0.39 is 0 Å². The molecule has 1 heterocycles. The molecule has 116 valence electrons. The van der Waals surface area contributed by atoms with Crippen molar-refractivity contribution in [1.29, 1.82) is 0 Å². The Kier molecular flexibility index (Phi) is 4.59. The summed E-state index contributed by atoms with van der Waals surface area (Å²) >= 11 is 0. The SMILES string of the molecule is CC1CC1c1ccc(CNCCNC(=O)c2ccccc2)o1. The van der Waals surface area contributed by atoms with Crippen LogP contribution in [0.2, 0.25) is 0 Å². The number of hydrogen-bond donors (Lipinski definition) is 2. The Bertz CT molecular complexity index is 621. The van der Waals surface area contributed by atoms with E-state index in [0.29, 0.717) is 31.1 Å². The molecule has 1 saturated carbocycles. The van der Waals surface area contributed by atoms with E-state index >= 15 is 0 Å². The van der Waals surface area contributed by atoms with Gasteiger partial charge in [0.25, 0.3) is 5.91 Å². The van der Waals surface area contributed by atoms with Crippen molar-refractivity contribution >= 4 is 5.91 Å². The Balaban J connectivity index is 1.34. The predicted molar refractivity (Wildman–Crippen MR) is 85.7 cm³/mol. The van der Waals surface area contributed by atoms with Crippen LogP contribution in [0.4, 0.5) is 0 Å². The largest absolute Gasteiger partial charge is 0.464 e. The lowest BCUT2D eigenvalue weighted by molar-refractivity contribution is 0.0954. The van der Waals surface area contributed by atoms with Gasteiger partial charge < -0.3 is 15.1 Å². The zero-order chi connectivity index (χ0) is 15.4. The van der Waals surface area contributed by atoms with Crippen LogP contribution in [0.3, 0.4) is 0 Å². The summed E-state index contributed by atoms with van der Waals surface area (Å²) in [6, 6.07) is 13.4. The smallest absolute Gasteiger partial charge is 0.251 e.